The van der Waals surface area contributed by atoms with Crippen LogP contribution in [-0.4, -0.2) is 25.6 Å². The average molecular weight is 402 g/mol. The number of rotatable bonds is 5. The van der Waals surface area contributed by atoms with Crippen LogP contribution in [0, 0.1) is 0 Å². The Balaban J connectivity index is 0.00000220. The van der Waals surface area contributed by atoms with Gasteiger partial charge in [-0.15, -0.1) is 24.0 Å². The summed E-state index contributed by atoms with van der Waals surface area (Å²) in [6.45, 7) is 5.96. The van der Waals surface area contributed by atoms with Crippen LogP contribution in [0.3, 0.4) is 0 Å². The van der Waals surface area contributed by atoms with Crippen LogP contribution >= 0.6 is 24.0 Å². The van der Waals surface area contributed by atoms with Gasteiger partial charge in [0.25, 0.3) is 0 Å². The third-order valence-corrected chi connectivity index (χ3v) is 3.66. The van der Waals surface area contributed by atoms with Crippen molar-refractivity contribution in [2.75, 3.05) is 24.5 Å². The molecule has 1 heterocycles. The van der Waals surface area contributed by atoms with Crippen molar-refractivity contribution in [3.05, 3.63) is 29.8 Å². The highest BCUT2D eigenvalue weighted by atomic mass is 127. The van der Waals surface area contributed by atoms with E-state index < -0.39 is 0 Å². The Labute approximate surface area is 145 Å². The summed E-state index contributed by atoms with van der Waals surface area (Å²) < 4.78 is 0. The molecule has 2 rings (SSSR count). The number of nitrogens with two attached hydrogens (primary N) is 1. The number of halogens is 1. The van der Waals surface area contributed by atoms with Gasteiger partial charge in [-0.1, -0.05) is 25.1 Å². The molecule has 1 aromatic carbocycles. The third-order valence-electron chi connectivity index (χ3n) is 3.66. The van der Waals surface area contributed by atoms with Crippen LogP contribution in [0.15, 0.2) is 29.3 Å². The molecule has 5 heteroatoms. The van der Waals surface area contributed by atoms with Crippen LogP contribution in [0.4, 0.5) is 5.69 Å². The van der Waals surface area contributed by atoms with Crippen molar-refractivity contribution in [2.45, 2.75) is 39.2 Å². The summed E-state index contributed by atoms with van der Waals surface area (Å²) in [5, 5.41) is 3.12. The molecule has 0 saturated carbocycles. The van der Waals surface area contributed by atoms with Gasteiger partial charge in [0.1, 0.15) is 0 Å². The molecule has 21 heavy (non-hydrogen) atoms. The fourth-order valence-corrected chi connectivity index (χ4v) is 2.57. The van der Waals surface area contributed by atoms with E-state index in [0.29, 0.717) is 12.5 Å². The highest BCUT2D eigenvalue weighted by Crippen LogP contribution is 2.24. The molecule has 0 aliphatic carbocycles. The summed E-state index contributed by atoms with van der Waals surface area (Å²) in [7, 11) is 0. The molecule has 1 aromatic rings. The van der Waals surface area contributed by atoms with Crippen LogP contribution in [0.25, 0.3) is 0 Å². The topological polar surface area (TPSA) is 53.6 Å². The van der Waals surface area contributed by atoms with Gasteiger partial charge in [-0.2, -0.15) is 0 Å². The average Bonchev–Trinajstić information content (AvgIpc) is 2.52. The Morgan fingerprint density at radius 2 is 1.95 bits per heavy atom. The molecule has 0 atom stereocenters. The first-order valence-corrected chi connectivity index (χ1v) is 7.68. The van der Waals surface area contributed by atoms with E-state index in [1.807, 2.05) is 0 Å². The van der Waals surface area contributed by atoms with E-state index in [1.54, 1.807) is 0 Å². The van der Waals surface area contributed by atoms with Crippen LogP contribution in [0.2, 0.25) is 0 Å². The molecule has 0 bridgehead atoms. The van der Waals surface area contributed by atoms with Crippen molar-refractivity contribution in [1.82, 2.24) is 5.32 Å². The first-order chi connectivity index (χ1) is 9.81. The second-order valence-electron chi connectivity index (χ2n) is 5.30. The lowest BCUT2D eigenvalue weighted by atomic mass is 10.1. The van der Waals surface area contributed by atoms with Gasteiger partial charge in [0, 0.05) is 25.3 Å². The van der Waals surface area contributed by atoms with Gasteiger partial charge in [0.2, 0.25) is 0 Å². The van der Waals surface area contributed by atoms with Crippen LogP contribution in [0.1, 0.15) is 38.2 Å². The lowest BCUT2D eigenvalue weighted by Gasteiger charge is -2.30. The van der Waals surface area contributed by atoms with Crippen molar-refractivity contribution >= 4 is 35.6 Å². The number of benzene rings is 1. The summed E-state index contributed by atoms with van der Waals surface area (Å²) in [5.41, 5.74) is 8.44. The maximum Gasteiger partial charge on any atom is 0.188 e. The molecule has 1 saturated heterocycles. The molecule has 1 aliphatic rings. The van der Waals surface area contributed by atoms with Crippen LogP contribution < -0.4 is 16.0 Å². The van der Waals surface area contributed by atoms with Crippen molar-refractivity contribution in [3.8, 4) is 0 Å². The predicted molar refractivity (Wildman–Crippen MR) is 102 cm³/mol. The highest BCUT2D eigenvalue weighted by molar-refractivity contribution is 14.0. The number of hydrogen-bond acceptors (Lipinski definition) is 2. The zero-order valence-electron chi connectivity index (χ0n) is 12.8. The quantitative estimate of drug-likeness (QED) is 0.452. The third kappa shape index (κ3) is 5.73. The Hall–Kier alpha value is -0.980. The van der Waals surface area contributed by atoms with E-state index in [0.717, 1.165) is 26.1 Å². The molecular formula is C16H27IN4. The Morgan fingerprint density at radius 1 is 1.24 bits per heavy atom. The molecule has 118 valence electrons. The van der Waals surface area contributed by atoms with Crippen LogP contribution in [0.5, 0.6) is 0 Å². The molecule has 3 N–H and O–H groups in total. The predicted octanol–water partition coefficient (Wildman–Crippen LogP) is 3.11. The summed E-state index contributed by atoms with van der Waals surface area (Å²) in [6.07, 6.45) is 4.99. The van der Waals surface area contributed by atoms with Gasteiger partial charge < -0.3 is 16.0 Å². The molecule has 1 fully saturated rings. The normalized spacial score (nSPS) is 15.5. The standard InChI is InChI=1S/C16H26N4.HI/c1-2-10-18-16(17)19-13-14-8-4-5-9-15(14)20-11-6-3-7-12-20;/h4-5,8-9H,2-3,6-7,10-13H2,1H3,(H3,17,18,19);1H. The molecule has 0 spiro atoms. The second kappa shape index (κ2) is 9.87. The summed E-state index contributed by atoms with van der Waals surface area (Å²) in [5.74, 6) is 0.542. The van der Waals surface area contributed by atoms with E-state index in [2.05, 4.69) is 46.4 Å². The number of nitrogens with zero attached hydrogens (tertiary/aromatic N) is 2. The largest absolute Gasteiger partial charge is 0.371 e. The van der Waals surface area contributed by atoms with Gasteiger partial charge in [0.15, 0.2) is 5.96 Å². The van der Waals surface area contributed by atoms with Crippen molar-refractivity contribution in [2.24, 2.45) is 10.7 Å². The van der Waals surface area contributed by atoms with Gasteiger partial charge >= 0.3 is 0 Å². The first kappa shape index (κ1) is 18.1. The highest BCUT2D eigenvalue weighted by Gasteiger charge is 2.13. The van der Waals surface area contributed by atoms with E-state index in [1.165, 1.54) is 30.5 Å². The number of nitrogens with one attached hydrogen (secondary N) is 1. The number of piperidine rings is 1. The van der Waals surface area contributed by atoms with Gasteiger partial charge in [-0.05, 0) is 37.3 Å². The number of para-hydroxylation sites is 1. The Bertz CT molecular complexity index is 442. The lowest BCUT2D eigenvalue weighted by molar-refractivity contribution is 0.576. The molecule has 0 amide bonds. The number of anilines is 1. The first-order valence-electron chi connectivity index (χ1n) is 7.68. The Morgan fingerprint density at radius 3 is 2.67 bits per heavy atom. The number of aliphatic imine (C=N–C) groups is 1. The lowest BCUT2D eigenvalue weighted by Crippen LogP contribution is -2.32. The minimum absolute atomic E-state index is 0. The van der Waals surface area contributed by atoms with Crippen molar-refractivity contribution < 1.29 is 0 Å². The zero-order valence-corrected chi connectivity index (χ0v) is 15.2. The minimum Gasteiger partial charge on any atom is -0.371 e. The molecule has 0 unspecified atom stereocenters. The van der Waals surface area contributed by atoms with Crippen LogP contribution in [-0.2, 0) is 6.54 Å². The van der Waals surface area contributed by atoms with Crippen molar-refractivity contribution in [3.63, 3.8) is 0 Å². The minimum atomic E-state index is 0. The van der Waals surface area contributed by atoms with E-state index >= 15 is 0 Å². The molecule has 4 nitrogen and oxygen atoms in total. The summed E-state index contributed by atoms with van der Waals surface area (Å²) in [4.78, 5) is 6.92. The number of hydrogen-bond donors (Lipinski definition) is 2. The SMILES string of the molecule is CCCNC(N)=NCc1ccccc1N1CCCCC1.I. The maximum absolute atomic E-state index is 5.86. The van der Waals surface area contributed by atoms with Gasteiger partial charge in [-0.25, -0.2) is 4.99 Å². The fraction of sp³-hybridized carbons (Fsp3) is 0.562. The van der Waals surface area contributed by atoms with Gasteiger partial charge in [-0.3, -0.25) is 0 Å². The molecule has 0 radical (unpaired) electrons. The van der Waals surface area contributed by atoms with E-state index in [9.17, 15) is 0 Å². The van der Waals surface area contributed by atoms with Gasteiger partial charge in [0.05, 0.1) is 6.54 Å². The molecule has 0 aromatic heterocycles. The summed E-state index contributed by atoms with van der Waals surface area (Å²) >= 11 is 0. The van der Waals surface area contributed by atoms with E-state index in [4.69, 9.17) is 5.73 Å². The smallest absolute Gasteiger partial charge is 0.188 e. The Kier molecular flexibility index (Phi) is 8.49. The molecular weight excluding hydrogens is 375 g/mol. The maximum atomic E-state index is 5.86. The van der Waals surface area contributed by atoms with Crippen molar-refractivity contribution in [1.29, 1.82) is 0 Å². The number of guanidine groups is 1. The van der Waals surface area contributed by atoms with E-state index in [-0.39, 0.29) is 24.0 Å². The summed E-state index contributed by atoms with van der Waals surface area (Å²) in [6, 6.07) is 8.54. The zero-order chi connectivity index (χ0) is 14.2. The second-order valence-corrected chi connectivity index (χ2v) is 5.30. The molecule has 1 aliphatic heterocycles. The fourth-order valence-electron chi connectivity index (χ4n) is 2.57. The monoisotopic (exact) mass is 402 g/mol.